The van der Waals surface area contributed by atoms with Crippen LogP contribution < -0.4 is 0 Å². The third-order valence-corrected chi connectivity index (χ3v) is 5.39. The molecule has 6 nitrogen and oxygen atoms in total. The van der Waals surface area contributed by atoms with Gasteiger partial charge in [0.2, 0.25) is 10.0 Å². The van der Waals surface area contributed by atoms with Crippen LogP contribution in [-0.4, -0.2) is 48.6 Å². The predicted molar refractivity (Wildman–Crippen MR) is 72.6 cm³/mol. The molecule has 0 saturated heterocycles. The van der Waals surface area contributed by atoms with Crippen molar-refractivity contribution in [3.05, 3.63) is 28.2 Å². The van der Waals surface area contributed by atoms with E-state index in [4.69, 9.17) is 10.2 Å². The van der Waals surface area contributed by atoms with Crippen molar-refractivity contribution in [2.75, 3.05) is 13.7 Å². The summed E-state index contributed by atoms with van der Waals surface area (Å²) >= 11 is 3.05. The van der Waals surface area contributed by atoms with E-state index in [2.05, 4.69) is 15.9 Å². The fourth-order valence-corrected chi connectivity index (χ4v) is 3.14. The molecule has 0 aromatic heterocycles. The molecule has 0 aliphatic heterocycles. The highest BCUT2D eigenvalue weighted by molar-refractivity contribution is 9.10. The lowest BCUT2D eigenvalue weighted by Gasteiger charge is -2.22. The first-order valence-electron chi connectivity index (χ1n) is 5.33. The highest BCUT2D eigenvalue weighted by Gasteiger charge is 2.26. The minimum absolute atomic E-state index is 0.129. The van der Waals surface area contributed by atoms with Crippen LogP contribution in [0.3, 0.4) is 0 Å². The number of hydrogen-bond acceptors (Lipinski definition) is 4. The highest BCUT2D eigenvalue weighted by Crippen LogP contribution is 2.23. The minimum Gasteiger partial charge on any atom is -0.478 e. The third-order valence-electron chi connectivity index (χ3n) is 2.73. The number of hydrogen-bond donors (Lipinski definition) is 2. The molecule has 0 aliphatic carbocycles. The summed E-state index contributed by atoms with van der Waals surface area (Å²) in [6.45, 7) is 1.23. The van der Waals surface area contributed by atoms with E-state index in [1.807, 2.05) is 0 Å². The van der Waals surface area contributed by atoms with Crippen molar-refractivity contribution in [3.63, 3.8) is 0 Å². The van der Waals surface area contributed by atoms with Gasteiger partial charge in [0.25, 0.3) is 0 Å². The van der Waals surface area contributed by atoms with E-state index in [1.165, 1.54) is 19.2 Å². The fourth-order valence-electron chi connectivity index (χ4n) is 1.35. The summed E-state index contributed by atoms with van der Waals surface area (Å²) in [5, 5.41) is 18.0. The van der Waals surface area contributed by atoms with E-state index in [-0.39, 0.29) is 17.1 Å². The number of carbonyl (C=O) groups is 1. The number of aliphatic hydroxyl groups excluding tert-OH is 1. The van der Waals surface area contributed by atoms with Crippen molar-refractivity contribution in [3.8, 4) is 0 Å². The first-order valence-corrected chi connectivity index (χ1v) is 7.57. The van der Waals surface area contributed by atoms with Gasteiger partial charge in [0.1, 0.15) is 0 Å². The standard InChI is InChI=1S/C11H14BrNO5S/c1-7(6-14)13(2)19(17,18)8-3-4-10(12)9(5-8)11(15)16/h3-5,7,14H,6H2,1-2H3,(H,15,16). The molecule has 1 aromatic carbocycles. The Labute approximate surface area is 119 Å². The van der Waals surface area contributed by atoms with E-state index in [0.29, 0.717) is 4.47 Å². The number of rotatable bonds is 5. The average Bonchev–Trinajstić information content (AvgIpc) is 2.36. The van der Waals surface area contributed by atoms with Crippen LogP contribution in [0.4, 0.5) is 0 Å². The van der Waals surface area contributed by atoms with Crippen molar-refractivity contribution >= 4 is 31.9 Å². The Morgan fingerprint density at radius 3 is 2.53 bits per heavy atom. The molecule has 0 heterocycles. The Kier molecular flexibility index (Phi) is 5.08. The summed E-state index contributed by atoms with van der Waals surface area (Å²) in [6.07, 6.45) is 0. The highest BCUT2D eigenvalue weighted by atomic mass is 79.9. The van der Waals surface area contributed by atoms with Gasteiger partial charge in [-0.2, -0.15) is 4.31 Å². The van der Waals surface area contributed by atoms with E-state index in [0.717, 1.165) is 10.4 Å². The van der Waals surface area contributed by atoms with Crippen LogP contribution in [0.1, 0.15) is 17.3 Å². The smallest absolute Gasteiger partial charge is 0.336 e. The maximum Gasteiger partial charge on any atom is 0.336 e. The Bertz CT molecular complexity index is 587. The van der Waals surface area contributed by atoms with Crippen LogP contribution in [0.15, 0.2) is 27.6 Å². The second-order valence-corrected chi connectivity index (χ2v) is 6.85. The van der Waals surface area contributed by atoms with Gasteiger partial charge in [-0.3, -0.25) is 0 Å². The zero-order valence-electron chi connectivity index (χ0n) is 10.4. The quantitative estimate of drug-likeness (QED) is 0.829. The van der Waals surface area contributed by atoms with Gasteiger partial charge in [0, 0.05) is 17.6 Å². The third kappa shape index (κ3) is 3.33. The van der Waals surface area contributed by atoms with E-state index < -0.39 is 22.0 Å². The van der Waals surface area contributed by atoms with Crippen LogP contribution in [0.25, 0.3) is 0 Å². The van der Waals surface area contributed by atoms with Crippen molar-refractivity contribution in [1.82, 2.24) is 4.31 Å². The normalized spacial score (nSPS) is 13.5. The maximum absolute atomic E-state index is 12.2. The molecule has 1 rings (SSSR count). The van der Waals surface area contributed by atoms with Gasteiger partial charge in [-0.25, -0.2) is 13.2 Å². The van der Waals surface area contributed by atoms with Gasteiger partial charge in [0.15, 0.2) is 0 Å². The molecule has 0 aliphatic rings. The second kappa shape index (κ2) is 6.00. The Hall–Kier alpha value is -0.960. The van der Waals surface area contributed by atoms with Gasteiger partial charge in [-0.15, -0.1) is 0 Å². The van der Waals surface area contributed by atoms with Crippen molar-refractivity contribution in [2.45, 2.75) is 17.9 Å². The molecule has 0 fully saturated rings. The molecule has 1 unspecified atom stereocenters. The van der Waals surface area contributed by atoms with Gasteiger partial charge in [-0.05, 0) is 41.1 Å². The van der Waals surface area contributed by atoms with E-state index >= 15 is 0 Å². The molecule has 2 N–H and O–H groups in total. The Morgan fingerprint density at radius 1 is 1.47 bits per heavy atom. The monoisotopic (exact) mass is 351 g/mol. The number of carboxylic acid groups (broad SMARTS) is 1. The van der Waals surface area contributed by atoms with Crippen molar-refractivity contribution in [2.24, 2.45) is 0 Å². The topological polar surface area (TPSA) is 94.9 Å². The number of likely N-dealkylation sites (N-methyl/N-ethyl adjacent to an activating group) is 1. The molecule has 106 valence electrons. The number of nitrogens with zero attached hydrogens (tertiary/aromatic N) is 1. The van der Waals surface area contributed by atoms with Crippen LogP contribution >= 0.6 is 15.9 Å². The maximum atomic E-state index is 12.2. The predicted octanol–water partition coefficient (Wildman–Crippen LogP) is 1.15. The SMILES string of the molecule is CC(CO)N(C)S(=O)(=O)c1ccc(Br)c(C(=O)O)c1. The van der Waals surface area contributed by atoms with Gasteiger partial charge in [-0.1, -0.05) is 0 Å². The molecular formula is C11H14BrNO5S. The number of aromatic carboxylic acids is 1. The minimum atomic E-state index is -3.83. The summed E-state index contributed by atoms with van der Waals surface area (Å²) in [6, 6.07) is 3.17. The first-order chi connectivity index (χ1) is 8.71. The van der Waals surface area contributed by atoms with Crippen molar-refractivity contribution < 1.29 is 23.4 Å². The lowest BCUT2D eigenvalue weighted by molar-refractivity contribution is 0.0695. The van der Waals surface area contributed by atoms with Crippen LogP contribution in [0.2, 0.25) is 0 Å². The molecule has 0 amide bonds. The molecule has 0 saturated carbocycles. The number of carboxylic acids is 1. The number of aliphatic hydroxyl groups is 1. The molecule has 0 bridgehead atoms. The summed E-state index contributed by atoms with van der Waals surface area (Å²) < 4.78 is 25.8. The van der Waals surface area contributed by atoms with Crippen LogP contribution in [-0.2, 0) is 10.0 Å². The fraction of sp³-hybridized carbons (Fsp3) is 0.364. The summed E-state index contributed by atoms with van der Waals surface area (Å²) in [5.74, 6) is -1.22. The molecule has 0 radical (unpaired) electrons. The van der Waals surface area contributed by atoms with Crippen molar-refractivity contribution in [1.29, 1.82) is 0 Å². The molecular weight excluding hydrogens is 338 g/mol. The number of sulfonamides is 1. The molecule has 19 heavy (non-hydrogen) atoms. The molecule has 1 atom stereocenters. The average molecular weight is 352 g/mol. The van der Waals surface area contributed by atoms with Gasteiger partial charge in [0.05, 0.1) is 17.1 Å². The zero-order chi connectivity index (χ0) is 14.8. The Morgan fingerprint density at radius 2 is 2.05 bits per heavy atom. The number of halogens is 1. The molecule has 0 spiro atoms. The Balaban J connectivity index is 3.30. The lowest BCUT2D eigenvalue weighted by Crippen LogP contribution is -2.37. The van der Waals surface area contributed by atoms with Crippen LogP contribution in [0, 0.1) is 0 Å². The summed E-state index contributed by atoms with van der Waals surface area (Å²) in [5.41, 5.74) is -0.133. The molecule has 8 heteroatoms. The second-order valence-electron chi connectivity index (χ2n) is 4.00. The summed E-state index contributed by atoms with van der Waals surface area (Å²) in [4.78, 5) is 10.9. The zero-order valence-corrected chi connectivity index (χ0v) is 12.8. The van der Waals surface area contributed by atoms with Gasteiger partial charge >= 0.3 is 5.97 Å². The summed E-state index contributed by atoms with van der Waals surface area (Å²) in [7, 11) is -2.50. The van der Waals surface area contributed by atoms with E-state index in [1.54, 1.807) is 6.92 Å². The lowest BCUT2D eigenvalue weighted by atomic mass is 10.2. The van der Waals surface area contributed by atoms with Crippen LogP contribution in [0.5, 0.6) is 0 Å². The van der Waals surface area contributed by atoms with Gasteiger partial charge < -0.3 is 10.2 Å². The molecule has 1 aromatic rings. The number of benzene rings is 1. The van der Waals surface area contributed by atoms with E-state index in [9.17, 15) is 13.2 Å². The largest absolute Gasteiger partial charge is 0.478 e. The first kappa shape index (κ1) is 16.1.